The Bertz CT molecular complexity index is 1080. The highest BCUT2D eigenvalue weighted by Gasteiger charge is 2.13. The summed E-state index contributed by atoms with van der Waals surface area (Å²) in [5.41, 5.74) is 1.21. The third kappa shape index (κ3) is 4.78. The molecule has 0 unspecified atom stereocenters. The zero-order chi connectivity index (χ0) is 20.1. The molecule has 0 spiro atoms. The van der Waals surface area contributed by atoms with Crippen molar-refractivity contribution in [3.63, 3.8) is 0 Å². The van der Waals surface area contributed by atoms with Crippen LogP contribution < -0.4 is 10.9 Å². The second kappa shape index (κ2) is 8.71. The average Bonchev–Trinajstić information content (AvgIpc) is 2.66. The van der Waals surface area contributed by atoms with Crippen molar-refractivity contribution in [3.05, 3.63) is 80.6 Å². The van der Waals surface area contributed by atoms with E-state index in [0.717, 1.165) is 12.8 Å². The number of H-pyrrole nitrogens is 1. The van der Waals surface area contributed by atoms with Crippen LogP contribution in [0.5, 0.6) is 0 Å². The van der Waals surface area contributed by atoms with Gasteiger partial charge < -0.3 is 15.4 Å². The summed E-state index contributed by atoms with van der Waals surface area (Å²) in [7, 11) is 0. The van der Waals surface area contributed by atoms with Crippen LogP contribution in [0.1, 0.15) is 34.3 Å². The van der Waals surface area contributed by atoms with Crippen LogP contribution in [0.2, 0.25) is 5.02 Å². The largest absolute Gasteiger partial charge is 0.477 e. The maximum Gasteiger partial charge on any atom is 0.341 e. The van der Waals surface area contributed by atoms with Crippen LogP contribution in [0.25, 0.3) is 10.9 Å². The summed E-state index contributed by atoms with van der Waals surface area (Å²) in [6.07, 6.45) is 1.93. The Kier molecular flexibility index (Phi) is 6.11. The average molecular weight is 399 g/mol. The zero-order valence-electron chi connectivity index (χ0n) is 15.0. The molecule has 0 bridgehead atoms. The summed E-state index contributed by atoms with van der Waals surface area (Å²) < 4.78 is 0. The number of nitrogens with one attached hydrogen (secondary N) is 2. The highest BCUT2D eigenvalue weighted by Crippen LogP contribution is 2.22. The molecule has 7 heteroatoms. The number of carboxylic acid groups (broad SMARTS) is 1. The van der Waals surface area contributed by atoms with Gasteiger partial charge in [-0.25, -0.2) is 4.79 Å². The summed E-state index contributed by atoms with van der Waals surface area (Å²) in [6.45, 7) is 0.184. The molecule has 0 radical (unpaired) electrons. The molecule has 0 aliphatic heterocycles. The molecule has 1 amide bonds. The molecule has 0 saturated carbocycles. The van der Waals surface area contributed by atoms with E-state index in [1.54, 1.807) is 12.1 Å². The molecule has 0 saturated heterocycles. The number of halogens is 1. The van der Waals surface area contributed by atoms with Gasteiger partial charge in [0.15, 0.2) is 0 Å². The Morgan fingerprint density at radius 2 is 1.86 bits per heavy atom. The number of carbonyl (C=O) groups excluding carboxylic acids is 1. The van der Waals surface area contributed by atoms with E-state index < -0.39 is 11.5 Å². The van der Waals surface area contributed by atoms with Gasteiger partial charge in [0.25, 0.3) is 5.56 Å². The minimum Gasteiger partial charge on any atom is -0.477 e. The topological polar surface area (TPSA) is 99.3 Å². The first kappa shape index (κ1) is 19.6. The van der Waals surface area contributed by atoms with Gasteiger partial charge in [0.05, 0.1) is 5.52 Å². The predicted octanol–water partition coefficient (Wildman–Crippen LogP) is 3.52. The first-order valence-corrected chi connectivity index (χ1v) is 9.21. The lowest BCUT2D eigenvalue weighted by Crippen LogP contribution is -2.23. The van der Waals surface area contributed by atoms with Crippen molar-refractivity contribution >= 4 is 34.4 Å². The fourth-order valence-electron chi connectivity index (χ4n) is 3.03. The second-order valence-electron chi connectivity index (χ2n) is 6.46. The minimum atomic E-state index is -1.31. The standard InChI is InChI=1S/C21H19ClN2O4/c22-16-9-14-11-17(21(27)28)20(26)24-19(14)15(10-16)12-23-18(25)8-4-7-13-5-2-1-3-6-13/h1-3,5-6,9-11H,4,7-8,12H2,(H,23,25)(H,24,26)(H,27,28). The van der Waals surface area contributed by atoms with E-state index >= 15 is 0 Å². The van der Waals surface area contributed by atoms with Gasteiger partial charge in [0.2, 0.25) is 5.91 Å². The SMILES string of the molecule is O=C(CCCc1ccccc1)NCc1cc(Cl)cc2cc(C(=O)O)c(=O)[nH]c12. The van der Waals surface area contributed by atoms with Gasteiger partial charge in [-0.3, -0.25) is 9.59 Å². The molecule has 0 fully saturated rings. The molecule has 3 N–H and O–H groups in total. The maximum atomic E-state index is 12.1. The molecule has 0 aliphatic carbocycles. The van der Waals surface area contributed by atoms with Gasteiger partial charge >= 0.3 is 5.97 Å². The van der Waals surface area contributed by atoms with Crippen molar-refractivity contribution in [3.8, 4) is 0 Å². The Morgan fingerprint density at radius 3 is 2.57 bits per heavy atom. The van der Waals surface area contributed by atoms with E-state index in [0.29, 0.717) is 27.9 Å². The highest BCUT2D eigenvalue weighted by molar-refractivity contribution is 6.31. The minimum absolute atomic E-state index is 0.103. The lowest BCUT2D eigenvalue weighted by molar-refractivity contribution is -0.121. The molecule has 1 heterocycles. The quantitative estimate of drug-likeness (QED) is 0.567. The number of benzene rings is 2. The number of aromatic nitrogens is 1. The fourth-order valence-corrected chi connectivity index (χ4v) is 3.28. The Morgan fingerprint density at radius 1 is 1.11 bits per heavy atom. The molecule has 6 nitrogen and oxygen atoms in total. The third-order valence-electron chi connectivity index (χ3n) is 4.42. The van der Waals surface area contributed by atoms with Crippen molar-refractivity contribution in [1.29, 1.82) is 0 Å². The van der Waals surface area contributed by atoms with E-state index in [9.17, 15) is 14.4 Å². The normalized spacial score (nSPS) is 10.8. The Labute approximate surface area is 166 Å². The zero-order valence-corrected chi connectivity index (χ0v) is 15.8. The Balaban J connectivity index is 1.68. The van der Waals surface area contributed by atoms with Crippen LogP contribution >= 0.6 is 11.6 Å². The number of hydrogen-bond donors (Lipinski definition) is 3. The van der Waals surface area contributed by atoms with Gasteiger partial charge in [-0.2, -0.15) is 0 Å². The smallest absolute Gasteiger partial charge is 0.341 e. The third-order valence-corrected chi connectivity index (χ3v) is 4.64. The molecule has 28 heavy (non-hydrogen) atoms. The summed E-state index contributed by atoms with van der Waals surface area (Å²) >= 11 is 6.11. The maximum absolute atomic E-state index is 12.1. The molecule has 144 valence electrons. The number of amides is 1. The number of aromatic amines is 1. The lowest BCUT2D eigenvalue weighted by Gasteiger charge is -2.10. The monoisotopic (exact) mass is 398 g/mol. The second-order valence-corrected chi connectivity index (χ2v) is 6.90. The van der Waals surface area contributed by atoms with E-state index in [4.69, 9.17) is 16.7 Å². The van der Waals surface area contributed by atoms with E-state index in [1.807, 2.05) is 30.3 Å². The van der Waals surface area contributed by atoms with Crippen LogP contribution in [0.4, 0.5) is 0 Å². The molecular formula is C21H19ClN2O4. The summed E-state index contributed by atoms with van der Waals surface area (Å²) in [6, 6.07) is 14.4. The number of rotatable bonds is 7. The molecule has 3 aromatic rings. The fraction of sp³-hybridized carbons (Fsp3) is 0.190. The van der Waals surface area contributed by atoms with E-state index in [1.165, 1.54) is 11.6 Å². The molecule has 0 aliphatic rings. The number of pyridine rings is 1. The number of fused-ring (bicyclic) bond motifs is 1. The van der Waals surface area contributed by atoms with Gasteiger partial charge in [-0.05, 0) is 42.2 Å². The van der Waals surface area contributed by atoms with Gasteiger partial charge in [-0.15, -0.1) is 0 Å². The number of carboxylic acids is 1. The molecule has 2 aromatic carbocycles. The Hall–Kier alpha value is -3.12. The highest BCUT2D eigenvalue weighted by atomic mass is 35.5. The van der Waals surface area contributed by atoms with E-state index in [2.05, 4.69) is 10.3 Å². The van der Waals surface area contributed by atoms with Crippen molar-refractivity contribution < 1.29 is 14.7 Å². The van der Waals surface area contributed by atoms with Crippen LogP contribution in [0, 0.1) is 0 Å². The summed E-state index contributed by atoms with van der Waals surface area (Å²) in [4.78, 5) is 37.8. The molecular weight excluding hydrogens is 380 g/mol. The molecule has 0 atom stereocenters. The van der Waals surface area contributed by atoms with Crippen LogP contribution in [0.3, 0.4) is 0 Å². The summed E-state index contributed by atoms with van der Waals surface area (Å²) in [5.74, 6) is -1.41. The van der Waals surface area contributed by atoms with Crippen LogP contribution in [-0.4, -0.2) is 22.0 Å². The first-order valence-electron chi connectivity index (χ1n) is 8.83. The van der Waals surface area contributed by atoms with Crippen molar-refractivity contribution in [2.45, 2.75) is 25.8 Å². The van der Waals surface area contributed by atoms with Gasteiger partial charge in [-0.1, -0.05) is 41.9 Å². The van der Waals surface area contributed by atoms with Crippen LogP contribution in [0.15, 0.2) is 53.3 Å². The number of carbonyl (C=O) groups is 2. The first-order chi connectivity index (χ1) is 13.4. The van der Waals surface area contributed by atoms with Crippen molar-refractivity contribution in [2.75, 3.05) is 0 Å². The van der Waals surface area contributed by atoms with Crippen molar-refractivity contribution in [2.24, 2.45) is 0 Å². The number of hydrogen-bond acceptors (Lipinski definition) is 3. The summed E-state index contributed by atoms with van der Waals surface area (Å²) in [5, 5.41) is 12.8. The predicted molar refractivity (Wildman–Crippen MR) is 108 cm³/mol. The number of aryl methyl sites for hydroxylation is 1. The van der Waals surface area contributed by atoms with Gasteiger partial charge in [0.1, 0.15) is 5.56 Å². The number of aromatic carboxylic acids is 1. The lowest BCUT2D eigenvalue weighted by atomic mass is 10.1. The molecule has 1 aromatic heterocycles. The van der Waals surface area contributed by atoms with E-state index in [-0.39, 0.29) is 18.0 Å². The molecule has 3 rings (SSSR count). The van der Waals surface area contributed by atoms with Crippen LogP contribution in [-0.2, 0) is 17.8 Å². The van der Waals surface area contributed by atoms with Gasteiger partial charge in [0, 0.05) is 23.4 Å². The van der Waals surface area contributed by atoms with Crippen molar-refractivity contribution in [1.82, 2.24) is 10.3 Å².